The third-order valence-corrected chi connectivity index (χ3v) is 7.92. The monoisotopic (exact) mass is 569 g/mol. The van der Waals surface area contributed by atoms with Gasteiger partial charge in [0.05, 0.1) is 6.20 Å². The molecule has 44 heavy (non-hydrogen) atoms. The SMILES string of the molecule is N#Cc1cnc(Cc2ccc(-c3ccccc3-c3nnnn3C(c3ccccc3)(c3ccccc3)c3ccccc3)cc2)[nH]1. The summed E-state index contributed by atoms with van der Waals surface area (Å²) in [5.74, 6) is 1.41. The lowest BCUT2D eigenvalue weighted by molar-refractivity contribution is 0.451. The van der Waals surface area contributed by atoms with Crippen LogP contribution in [0.25, 0.3) is 22.5 Å². The number of imidazole rings is 1. The fourth-order valence-corrected chi connectivity index (χ4v) is 5.92. The van der Waals surface area contributed by atoms with E-state index in [0.717, 1.165) is 44.8 Å². The summed E-state index contributed by atoms with van der Waals surface area (Å²) in [6.07, 6.45) is 2.17. The van der Waals surface area contributed by atoms with E-state index < -0.39 is 5.54 Å². The molecule has 0 aliphatic heterocycles. The van der Waals surface area contributed by atoms with Gasteiger partial charge in [0, 0.05) is 12.0 Å². The summed E-state index contributed by atoms with van der Waals surface area (Å²) in [7, 11) is 0. The fourth-order valence-electron chi connectivity index (χ4n) is 5.92. The molecule has 0 saturated carbocycles. The van der Waals surface area contributed by atoms with E-state index in [1.165, 1.54) is 0 Å². The summed E-state index contributed by atoms with van der Waals surface area (Å²) in [4.78, 5) is 7.36. The lowest BCUT2D eigenvalue weighted by atomic mass is 9.77. The lowest BCUT2D eigenvalue weighted by Crippen LogP contribution is -2.39. The predicted octanol–water partition coefficient (Wildman–Crippen LogP) is 7.03. The second-order valence-corrected chi connectivity index (χ2v) is 10.5. The van der Waals surface area contributed by atoms with E-state index in [-0.39, 0.29) is 0 Å². The van der Waals surface area contributed by atoms with Gasteiger partial charge in [0.15, 0.2) is 5.82 Å². The summed E-state index contributed by atoms with van der Waals surface area (Å²) in [6, 6.07) is 49.9. The first kappa shape index (κ1) is 26.7. The number of hydrogen-bond acceptors (Lipinski definition) is 5. The summed E-state index contributed by atoms with van der Waals surface area (Å²) >= 11 is 0. The summed E-state index contributed by atoms with van der Waals surface area (Å²) in [6.45, 7) is 0. The molecule has 7 aromatic rings. The van der Waals surface area contributed by atoms with E-state index in [0.29, 0.717) is 17.9 Å². The van der Waals surface area contributed by atoms with Crippen LogP contribution in [0.1, 0.15) is 33.8 Å². The van der Waals surface area contributed by atoms with Crippen LogP contribution in [0.3, 0.4) is 0 Å². The minimum atomic E-state index is -0.842. The number of aromatic amines is 1. The Morgan fingerprint density at radius 3 is 1.75 bits per heavy atom. The molecule has 210 valence electrons. The minimum Gasteiger partial charge on any atom is -0.334 e. The standard InChI is InChI=1S/C37H27N7/c38-25-32-26-39-35(40-32)24-27-20-22-28(23-21-27)33-18-10-11-19-34(33)36-41-42-43-44(36)37(29-12-4-1-5-13-29,30-14-6-2-7-15-30)31-16-8-3-9-17-31/h1-23,26H,24H2,(H,39,40). The van der Waals surface area contributed by atoms with Crippen molar-refractivity contribution in [1.82, 2.24) is 30.2 Å². The lowest BCUT2D eigenvalue weighted by Gasteiger charge is -2.36. The van der Waals surface area contributed by atoms with Gasteiger partial charge >= 0.3 is 0 Å². The Balaban J connectivity index is 1.38. The molecule has 7 nitrogen and oxygen atoms in total. The topological polar surface area (TPSA) is 96.1 Å². The van der Waals surface area contributed by atoms with E-state index in [1.807, 2.05) is 35.0 Å². The van der Waals surface area contributed by atoms with Gasteiger partial charge in [-0.25, -0.2) is 9.67 Å². The van der Waals surface area contributed by atoms with Crippen molar-refractivity contribution in [3.05, 3.63) is 179 Å². The molecule has 0 unspecified atom stereocenters. The van der Waals surface area contributed by atoms with Crippen LogP contribution in [0.4, 0.5) is 0 Å². The van der Waals surface area contributed by atoms with Crippen LogP contribution in [0.15, 0.2) is 146 Å². The van der Waals surface area contributed by atoms with Crippen LogP contribution in [0, 0.1) is 11.3 Å². The van der Waals surface area contributed by atoms with Crippen molar-refractivity contribution >= 4 is 0 Å². The highest BCUT2D eigenvalue weighted by atomic mass is 15.6. The van der Waals surface area contributed by atoms with Gasteiger partial charge in [-0.3, -0.25) is 0 Å². The number of benzene rings is 5. The van der Waals surface area contributed by atoms with Crippen LogP contribution in [0.5, 0.6) is 0 Å². The Kier molecular flexibility index (Phi) is 7.07. The molecule has 0 radical (unpaired) electrons. The van der Waals surface area contributed by atoms with Crippen molar-refractivity contribution in [3.63, 3.8) is 0 Å². The van der Waals surface area contributed by atoms with E-state index in [2.05, 4.69) is 136 Å². The van der Waals surface area contributed by atoms with E-state index in [4.69, 9.17) is 10.5 Å². The fraction of sp³-hybridized carbons (Fsp3) is 0.0541. The van der Waals surface area contributed by atoms with E-state index in [9.17, 15) is 0 Å². The third-order valence-electron chi connectivity index (χ3n) is 7.92. The highest BCUT2D eigenvalue weighted by Crippen LogP contribution is 2.43. The molecule has 1 N–H and O–H groups in total. The number of aromatic nitrogens is 6. The maximum absolute atomic E-state index is 9.11. The van der Waals surface area contributed by atoms with Gasteiger partial charge in [-0.05, 0) is 43.8 Å². The van der Waals surface area contributed by atoms with E-state index >= 15 is 0 Å². The average Bonchev–Trinajstić information content (AvgIpc) is 3.77. The Labute approximate surface area is 255 Å². The highest BCUT2D eigenvalue weighted by Gasteiger charge is 2.42. The van der Waals surface area contributed by atoms with Gasteiger partial charge in [-0.1, -0.05) is 140 Å². The zero-order valence-electron chi connectivity index (χ0n) is 23.7. The van der Waals surface area contributed by atoms with Crippen molar-refractivity contribution in [2.24, 2.45) is 0 Å². The first-order chi connectivity index (χ1) is 21.8. The Hall–Kier alpha value is -6.13. The first-order valence-corrected chi connectivity index (χ1v) is 14.4. The number of rotatable bonds is 8. The molecular weight excluding hydrogens is 542 g/mol. The smallest absolute Gasteiger partial charge is 0.184 e. The molecule has 0 bridgehead atoms. The molecule has 0 amide bonds. The molecule has 2 aromatic heterocycles. The normalized spacial score (nSPS) is 11.2. The zero-order chi connectivity index (χ0) is 29.8. The molecule has 7 rings (SSSR count). The molecule has 7 heteroatoms. The summed E-state index contributed by atoms with van der Waals surface area (Å²) in [5, 5.41) is 22.8. The van der Waals surface area contributed by atoms with Gasteiger partial charge in [0.25, 0.3) is 0 Å². The van der Waals surface area contributed by atoms with Crippen molar-refractivity contribution in [2.75, 3.05) is 0 Å². The largest absolute Gasteiger partial charge is 0.334 e. The van der Waals surface area contributed by atoms with Crippen LogP contribution in [-0.2, 0) is 12.0 Å². The van der Waals surface area contributed by atoms with Crippen LogP contribution >= 0.6 is 0 Å². The zero-order valence-corrected chi connectivity index (χ0v) is 23.7. The molecule has 0 saturated heterocycles. The highest BCUT2D eigenvalue weighted by molar-refractivity contribution is 5.81. The van der Waals surface area contributed by atoms with Gasteiger partial charge < -0.3 is 4.98 Å². The number of hydrogen-bond donors (Lipinski definition) is 1. The molecule has 5 aromatic carbocycles. The van der Waals surface area contributed by atoms with Crippen molar-refractivity contribution < 1.29 is 0 Å². The van der Waals surface area contributed by atoms with Crippen molar-refractivity contribution in [2.45, 2.75) is 12.0 Å². The average molecular weight is 570 g/mol. The second-order valence-electron chi connectivity index (χ2n) is 10.5. The Morgan fingerprint density at radius 1 is 0.659 bits per heavy atom. The number of tetrazole rings is 1. The number of nitrogens with zero attached hydrogens (tertiary/aromatic N) is 6. The van der Waals surface area contributed by atoms with Crippen molar-refractivity contribution in [3.8, 4) is 28.6 Å². The summed E-state index contributed by atoms with van der Waals surface area (Å²) < 4.78 is 1.96. The van der Waals surface area contributed by atoms with Crippen LogP contribution in [0.2, 0.25) is 0 Å². The van der Waals surface area contributed by atoms with Crippen molar-refractivity contribution in [1.29, 1.82) is 5.26 Å². The quantitative estimate of drug-likeness (QED) is 0.198. The first-order valence-electron chi connectivity index (χ1n) is 14.4. The number of nitriles is 1. The molecule has 0 atom stereocenters. The summed E-state index contributed by atoms with van der Waals surface area (Å²) in [5.41, 5.74) is 6.82. The van der Waals surface area contributed by atoms with E-state index in [1.54, 1.807) is 6.20 Å². The second kappa shape index (κ2) is 11.6. The maximum atomic E-state index is 9.11. The number of nitrogens with one attached hydrogen (secondary N) is 1. The van der Waals surface area contributed by atoms with Gasteiger partial charge in [0.2, 0.25) is 0 Å². The van der Waals surface area contributed by atoms with Crippen LogP contribution in [-0.4, -0.2) is 30.2 Å². The number of H-pyrrole nitrogens is 1. The van der Waals surface area contributed by atoms with Gasteiger partial charge in [0.1, 0.15) is 23.1 Å². The molecule has 0 aliphatic rings. The predicted molar refractivity (Wildman–Crippen MR) is 169 cm³/mol. The molecular formula is C37H27N7. The maximum Gasteiger partial charge on any atom is 0.184 e. The molecule has 0 spiro atoms. The molecule has 0 aliphatic carbocycles. The Bertz CT molecular complexity index is 1940. The molecule has 2 heterocycles. The minimum absolute atomic E-state index is 0.459. The van der Waals surface area contributed by atoms with Gasteiger partial charge in [-0.2, -0.15) is 5.26 Å². The Morgan fingerprint density at radius 2 is 1.20 bits per heavy atom. The third kappa shape index (κ3) is 4.75. The van der Waals surface area contributed by atoms with Gasteiger partial charge in [-0.15, -0.1) is 5.10 Å². The molecule has 0 fully saturated rings. The van der Waals surface area contributed by atoms with Crippen LogP contribution < -0.4 is 0 Å².